The van der Waals surface area contributed by atoms with Crippen LogP contribution >= 0.6 is 0 Å². The number of carbonyl (C=O) groups excluding carboxylic acids is 3. The first-order chi connectivity index (χ1) is 27.1. The van der Waals surface area contributed by atoms with Crippen LogP contribution in [0.15, 0.2) is 64.6 Å². The van der Waals surface area contributed by atoms with Crippen molar-refractivity contribution < 1.29 is 58.7 Å². The normalized spacial score (nSPS) is 29.2. The second kappa shape index (κ2) is 14.1. The van der Waals surface area contributed by atoms with Crippen molar-refractivity contribution in [2.45, 2.75) is 74.3 Å². The van der Waals surface area contributed by atoms with Crippen molar-refractivity contribution in [1.29, 1.82) is 5.41 Å². The number of aliphatic imine (C=N–C) groups is 2. The van der Waals surface area contributed by atoms with Crippen LogP contribution in [0.5, 0.6) is 11.5 Å². The van der Waals surface area contributed by atoms with Crippen molar-refractivity contribution >= 4 is 40.7 Å². The molecule has 2 aliphatic carbocycles. The summed E-state index contributed by atoms with van der Waals surface area (Å²) in [4.78, 5) is 50.9. The monoisotopic (exact) mass is 766 g/mol. The fourth-order valence-electron chi connectivity index (χ4n) is 9.07. The summed E-state index contributed by atoms with van der Waals surface area (Å²) in [5, 5.41) is 54.6. The number of rotatable bonds is 5. The number of hydrogen-bond donors (Lipinski definition) is 7. The molecule has 7 N–H and O–H groups in total. The van der Waals surface area contributed by atoms with E-state index in [9.17, 15) is 34.8 Å². The number of aliphatic hydroxyl groups excluding tert-OH is 4. The summed E-state index contributed by atoms with van der Waals surface area (Å²) in [7, 11) is 0. The van der Waals surface area contributed by atoms with Crippen molar-refractivity contribution in [3.8, 4) is 11.5 Å². The zero-order valence-electron chi connectivity index (χ0n) is 30.1. The van der Waals surface area contributed by atoms with Crippen molar-refractivity contribution in [3.05, 3.63) is 88.0 Å². The SMILES string of the molecule is N=C1N=C2C(=NC[NH+]2c2ccccc2[C@H]2CCOC3(CCCC3)[C@@H]3O[C@H](Oc4c2cc2c(c4OCCO)C(=O)c4ccccc4C2=O)[C@@H](O)[C@H](O)[C@H]3O)C(=O)N1. The summed E-state index contributed by atoms with van der Waals surface area (Å²) in [6.07, 6.45) is -4.91. The highest BCUT2D eigenvalue weighted by Gasteiger charge is 2.56. The number of benzene rings is 3. The summed E-state index contributed by atoms with van der Waals surface area (Å²) in [6, 6.07) is 15.4. The lowest BCUT2D eigenvalue weighted by atomic mass is 9.79. The average molecular weight is 767 g/mol. The number of quaternary nitrogens is 1. The van der Waals surface area contributed by atoms with Crippen molar-refractivity contribution in [1.82, 2.24) is 5.32 Å². The first kappa shape index (κ1) is 36.4. The van der Waals surface area contributed by atoms with E-state index < -0.39 is 66.3 Å². The summed E-state index contributed by atoms with van der Waals surface area (Å²) in [5.74, 6) is -2.49. The third kappa shape index (κ3) is 5.71. The third-order valence-corrected chi connectivity index (χ3v) is 11.7. The molecule has 16 nitrogen and oxygen atoms in total. The number of aliphatic hydroxyl groups is 4. The molecule has 1 saturated carbocycles. The van der Waals surface area contributed by atoms with E-state index >= 15 is 0 Å². The minimum Gasteiger partial charge on any atom is -0.486 e. The molecule has 3 aromatic rings. The van der Waals surface area contributed by atoms with Gasteiger partial charge in [0.15, 0.2) is 29.7 Å². The van der Waals surface area contributed by atoms with Gasteiger partial charge in [0.25, 0.3) is 11.7 Å². The van der Waals surface area contributed by atoms with Gasteiger partial charge in [-0.1, -0.05) is 55.3 Å². The fraction of sp³-hybridized carbons (Fsp3) is 0.400. The van der Waals surface area contributed by atoms with E-state index in [1.807, 2.05) is 24.3 Å². The molecule has 0 radical (unpaired) electrons. The molecule has 3 aromatic carbocycles. The van der Waals surface area contributed by atoms with E-state index in [1.165, 1.54) is 0 Å². The Balaban J connectivity index is 1.29. The fourth-order valence-corrected chi connectivity index (χ4v) is 9.07. The van der Waals surface area contributed by atoms with Gasteiger partial charge in [0.05, 0.1) is 17.8 Å². The number of ketones is 2. The van der Waals surface area contributed by atoms with Gasteiger partial charge < -0.3 is 39.4 Å². The van der Waals surface area contributed by atoms with Gasteiger partial charge >= 0.3 is 0 Å². The predicted molar refractivity (Wildman–Crippen MR) is 196 cm³/mol. The van der Waals surface area contributed by atoms with Crippen LogP contribution in [-0.4, -0.2) is 118 Å². The molecule has 290 valence electrons. The van der Waals surface area contributed by atoms with Gasteiger partial charge in [0.2, 0.25) is 18.0 Å². The Morgan fingerprint density at radius 2 is 1.66 bits per heavy atom. The van der Waals surface area contributed by atoms with Crippen molar-refractivity contribution in [2.75, 3.05) is 26.5 Å². The van der Waals surface area contributed by atoms with Crippen LogP contribution in [0.2, 0.25) is 0 Å². The minimum atomic E-state index is -1.77. The first-order valence-corrected chi connectivity index (χ1v) is 18.7. The maximum atomic E-state index is 14.4. The Labute approximate surface area is 319 Å². The summed E-state index contributed by atoms with van der Waals surface area (Å²) in [5.41, 5.74) is 1.03. The Morgan fingerprint density at radius 3 is 2.43 bits per heavy atom. The lowest BCUT2D eigenvalue weighted by Crippen LogP contribution is -3.09. The van der Waals surface area contributed by atoms with Crippen LogP contribution in [0, 0.1) is 5.41 Å². The number of guanidine groups is 1. The summed E-state index contributed by atoms with van der Waals surface area (Å²) >= 11 is 0. The quantitative estimate of drug-likeness (QED) is 0.146. The maximum Gasteiger partial charge on any atom is 0.284 e. The molecule has 1 saturated heterocycles. The number of amides is 1. The zero-order valence-corrected chi connectivity index (χ0v) is 30.1. The standard InChI is InChI=1S/C40H39N5O11/c41-39-43-36-27(37(52)44-39)42-18-45(36)25-10-4-3-7-20(25)19-11-15-54-40(12-5-6-13-40)35-31(50)30(49)32(51)38(56-35)55-33-23(19)17-24-26(34(33)53-16-14-46)29(48)22-9-2-1-8-21(22)28(24)47/h1-4,7-10,17,19,30-32,35,38,46,49-51H,5-6,11-16,18H2,(H2,41,44,52)/p+1/t19-,30-,31-,32+,35-,38+/m1/s1. The lowest BCUT2D eigenvalue weighted by molar-refractivity contribution is -0.723. The van der Waals surface area contributed by atoms with Gasteiger partial charge in [0.1, 0.15) is 36.7 Å². The van der Waals surface area contributed by atoms with E-state index in [0.717, 1.165) is 12.8 Å². The molecular weight excluding hydrogens is 726 g/mol. The topological polar surface area (TPSA) is 234 Å². The number of fused-ring (bicyclic) bond motifs is 7. The Hall–Kier alpha value is -5.20. The second-order valence-corrected chi connectivity index (χ2v) is 14.8. The highest BCUT2D eigenvalue weighted by Crippen LogP contribution is 2.50. The molecule has 9 rings (SSSR count). The van der Waals surface area contributed by atoms with Gasteiger partial charge in [0, 0.05) is 40.3 Å². The molecule has 6 aliphatic rings. The molecule has 2 bridgehead atoms. The second-order valence-electron chi connectivity index (χ2n) is 14.8. The van der Waals surface area contributed by atoms with Crippen LogP contribution in [0.4, 0.5) is 5.69 Å². The molecule has 1 unspecified atom stereocenters. The Morgan fingerprint density at radius 1 is 0.929 bits per heavy atom. The van der Waals surface area contributed by atoms with Crippen LogP contribution in [-0.2, 0) is 14.3 Å². The smallest absolute Gasteiger partial charge is 0.284 e. The van der Waals surface area contributed by atoms with Crippen LogP contribution in [0.1, 0.15) is 81.0 Å². The number of para-hydroxylation sites is 1. The van der Waals surface area contributed by atoms with Crippen molar-refractivity contribution in [3.63, 3.8) is 0 Å². The highest BCUT2D eigenvalue weighted by atomic mass is 16.7. The minimum absolute atomic E-state index is 0.0360. The molecule has 0 aromatic heterocycles. The van der Waals surface area contributed by atoms with E-state index in [1.54, 1.807) is 30.3 Å². The molecule has 7 atom stereocenters. The van der Waals surface area contributed by atoms with Crippen LogP contribution < -0.4 is 19.7 Å². The van der Waals surface area contributed by atoms with Gasteiger partial charge in [-0.25, -0.2) is 9.89 Å². The maximum absolute atomic E-state index is 14.4. The number of amidine groups is 1. The Kier molecular flexibility index (Phi) is 9.16. The van der Waals surface area contributed by atoms with E-state index in [2.05, 4.69) is 15.3 Å². The number of ether oxygens (including phenoxy) is 4. The van der Waals surface area contributed by atoms with Gasteiger partial charge in [-0.2, -0.15) is 4.99 Å². The molecule has 2 fully saturated rings. The first-order valence-electron chi connectivity index (χ1n) is 18.7. The Bertz CT molecular complexity index is 2230. The number of nitrogens with one attached hydrogen (secondary N) is 3. The van der Waals surface area contributed by atoms with Crippen molar-refractivity contribution in [2.24, 2.45) is 9.98 Å². The van der Waals surface area contributed by atoms with E-state index in [4.69, 9.17) is 24.4 Å². The molecule has 56 heavy (non-hydrogen) atoms. The number of nitrogens with zero attached hydrogens (tertiary/aromatic N) is 2. The van der Waals surface area contributed by atoms with Gasteiger partial charge in [-0.05, 0) is 31.4 Å². The van der Waals surface area contributed by atoms with Crippen LogP contribution in [0.3, 0.4) is 0 Å². The average Bonchev–Trinajstić information content (AvgIpc) is 3.86. The van der Waals surface area contributed by atoms with Gasteiger partial charge in [-0.15, -0.1) is 0 Å². The number of hydrogen-bond acceptors (Lipinski definition) is 13. The van der Waals surface area contributed by atoms with Gasteiger partial charge in [-0.3, -0.25) is 25.1 Å². The summed E-state index contributed by atoms with van der Waals surface area (Å²) in [6.45, 7) is -0.563. The third-order valence-electron chi connectivity index (χ3n) is 11.7. The molecule has 4 aliphatic heterocycles. The molecule has 1 spiro atoms. The van der Waals surface area contributed by atoms with E-state index in [-0.39, 0.29) is 77.6 Å². The highest BCUT2D eigenvalue weighted by molar-refractivity contribution is 6.68. The summed E-state index contributed by atoms with van der Waals surface area (Å²) < 4.78 is 25.9. The van der Waals surface area contributed by atoms with E-state index in [0.29, 0.717) is 34.6 Å². The predicted octanol–water partition coefficient (Wildman–Crippen LogP) is 0.276. The molecule has 16 heteroatoms. The molecule has 1 amide bonds. The largest absolute Gasteiger partial charge is 0.486 e. The molecular formula is C40H40N5O11+. The number of carbonyl (C=O) groups is 3. The lowest BCUT2D eigenvalue weighted by Gasteiger charge is -2.47. The zero-order chi connectivity index (χ0) is 38.9. The van der Waals surface area contributed by atoms with Crippen LogP contribution in [0.25, 0.3) is 0 Å². The molecule has 4 heterocycles.